The summed E-state index contributed by atoms with van der Waals surface area (Å²) in [6.45, 7) is 1.94. The first kappa shape index (κ1) is 9.83. The van der Waals surface area contributed by atoms with Crippen molar-refractivity contribution in [3.05, 3.63) is 12.2 Å². The lowest BCUT2D eigenvalue weighted by molar-refractivity contribution is -0.141. The summed E-state index contributed by atoms with van der Waals surface area (Å²) in [5, 5.41) is 3.31. The van der Waals surface area contributed by atoms with Gasteiger partial charge in [-0.15, -0.1) is 0 Å². The molecule has 17 heavy (non-hydrogen) atoms. The molecule has 4 nitrogen and oxygen atoms in total. The number of likely N-dealkylation sites (tertiary alicyclic amines) is 1. The number of hydrogen-bond donors (Lipinski definition) is 1. The Morgan fingerprint density at radius 3 is 2.06 bits per heavy atom. The Balaban J connectivity index is 1.61. The summed E-state index contributed by atoms with van der Waals surface area (Å²) in [4.78, 5) is 26.3. The second kappa shape index (κ2) is 3.19. The summed E-state index contributed by atoms with van der Waals surface area (Å²) in [6.07, 6.45) is 5.61. The zero-order valence-corrected chi connectivity index (χ0v) is 9.63. The molecule has 2 heterocycles. The zero-order chi connectivity index (χ0) is 11.6. The van der Waals surface area contributed by atoms with Crippen molar-refractivity contribution in [2.45, 2.75) is 18.9 Å². The van der Waals surface area contributed by atoms with E-state index in [0.717, 1.165) is 25.9 Å². The average molecular weight is 232 g/mol. The Morgan fingerprint density at radius 2 is 1.53 bits per heavy atom. The number of amides is 2. The van der Waals surface area contributed by atoms with E-state index in [0.29, 0.717) is 11.8 Å². The second-order valence-electron chi connectivity index (χ2n) is 5.68. The van der Waals surface area contributed by atoms with Crippen LogP contribution in [0.1, 0.15) is 12.8 Å². The summed E-state index contributed by atoms with van der Waals surface area (Å²) in [5.74, 6) is 1.17. The summed E-state index contributed by atoms with van der Waals surface area (Å²) < 4.78 is 0. The minimum absolute atomic E-state index is 0.0539. The zero-order valence-electron chi connectivity index (χ0n) is 9.63. The first-order valence-corrected chi connectivity index (χ1v) is 6.51. The molecule has 2 amide bonds. The largest absolute Gasteiger partial charge is 0.316 e. The molecule has 1 saturated carbocycles. The SMILES string of the molecule is O=C1[C@H]2CC=CC[C@H]2C(=O)N1C1C2CNCC21. The Hall–Kier alpha value is -1.16. The third kappa shape index (κ3) is 1.16. The number of piperidine rings is 1. The smallest absolute Gasteiger partial charge is 0.233 e. The van der Waals surface area contributed by atoms with Crippen molar-refractivity contribution in [3.8, 4) is 0 Å². The van der Waals surface area contributed by atoms with Crippen molar-refractivity contribution in [3.63, 3.8) is 0 Å². The van der Waals surface area contributed by atoms with Gasteiger partial charge >= 0.3 is 0 Å². The molecular formula is C13H16N2O2. The van der Waals surface area contributed by atoms with Crippen LogP contribution in [-0.4, -0.2) is 35.8 Å². The third-order valence-corrected chi connectivity index (χ3v) is 4.89. The molecular weight excluding hydrogens is 216 g/mol. The van der Waals surface area contributed by atoms with E-state index in [2.05, 4.69) is 5.32 Å². The van der Waals surface area contributed by atoms with E-state index in [9.17, 15) is 9.59 Å². The predicted octanol–water partition coefficient (Wildman–Crippen LogP) is 0.155. The summed E-state index contributed by atoms with van der Waals surface area (Å²) in [6, 6.07) is 0.224. The topological polar surface area (TPSA) is 49.4 Å². The first-order valence-electron chi connectivity index (χ1n) is 6.51. The van der Waals surface area contributed by atoms with Crippen molar-refractivity contribution in [2.75, 3.05) is 13.1 Å². The van der Waals surface area contributed by atoms with Gasteiger partial charge in [-0.1, -0.05) is 12.2 Å². The maximum absolute atomic E-state index is 12.3. The van der Waals surface area contributed by atoms with Gasteiger partial charge in [-0.05, 0) is 24.7 Å². The van der Waals surface area contributed by atoms with Gasteiger partial charge in [0.25, 0.3) is 0 Å². The molecule has 90 valence electrons. The van der Waals surface area contributed by atoms with E-state index in [1.165, 1.54) is 0 Å². The monoisotopic (exact) mass is 232 g/mol. The standard InChI is InChI=1S/C13H16N2O2/c16-12-7-3-1-2-4-8(7)13(17)15(12)11-9-5-14-6-10(9)11/h1-2,7-11,14H,3-6H2/t7-,8+,9?,10?,11?. The van der Waals surface area contributed by atoms with Gasteiger partial charge in [-0.3, -0.25) is 14.5 Å². The lowest BCUT2D eigenvalue weighted by Gasteiger charge is -2.17. The molecule has 0 aromatic heterocycles. The second-order valence-corrected chi connectivity index (χ2v) is 5.68. The molecule has 3 fully saturated rings. The van der Waals surface area contributed by atoms with Crippen LogP contribution >= 0.6 is 0 Å². The quantitative estimate of drug-likeness (QED) is 0.517. The van der Waals surface area contributed by atoms with Gasteiger partial charge in [-0.2, -0.15) is 0 Å². The van der Waals surface area contributed by atoms with Crippen LogP contribution in [0.2, 0.25) is 0 Å². The van der Waals surface area contributed by atoms with Crippen molar-refractivity contribution < 1.29 is 9.59 Å². The highest BCUT2D eigenvalue weighted by Gasteiger charge is 2.62. The van der Waals surface area contributed by atoms with E-state index in [1.807, 2.05) is 12.2 Å². The van der Waals surface area contributed by atoms with Crippen LogP contribution < -0.4 is 5.32 Å². The molecule has 0 spiro atoms. The number of nitrogens with zero attached hydrogens (tertiary/aromatic N) is 1. The van der Waals surface area contributed by atoms with Crippen molar-refractivity contribution in [2.24, 2.45) is 23.7 Å². The van der Waals surface area contributed by atoms with Gasteiger partial charge in [0.05, 0.1) is 11.8 Å². The van der Waals surface area contributed by atoms with Crippen LogP contribution in [0.15, 0.2) is 12.2 Å². The van der Waals surface area contributed by atoms with Gasteiger partial charge in [0.15, 0.2) is 0 Å². The van der Waals surface area contributed by atoms with Gasteiger partial charge in [0.2, 0.25) is 11.8 Å². The molecule has 1 N–H and O–H groups in total. The molecule has 0 aromatic rings. The van der Waals surface area contributed by atoms with Gasteiger partial charge in [-0.25, -0.2) is 0 Å². The van der Waals surface area contributed by atoms with Crippen molar-refractivity contribution >= 4 is 11.8 Å². The minimum atomic E-state index is -0.0539. The minimum Gasteiger partial charge on any atom is -0.316 e. The fraction of sp³-hybridized carbons (Fsp3) is 0.692. The van der Waals surface area contributed by atoms with Crippen LogP contribution in [0.5, 0.6) is 0 Å². The predicted molar refractivity (Wildman–Crippen MR) is 60.8 cm³/mol. The fourth-order valence-corrected chi connectivity index (χ4v) is 3.89. The molecule has 4 atom stereocenters. The van der Waals surface area contributed by atoms with E-state index in [-0.39, 0.29) is 29.7 Å². The molecule has 4 aliphatic rings. The number of nitrogens with one attached hydrogen (secondary N) is 1. The molecule has 4 rings (SSSR count). The number of hydrogen-bond acceptors (Lipinski definition) is 3. The maximum atomic E-state index is 12.3. The molecule has 2 aliphatic heterocycles. The van der Waals surface area contributed by atoms with Crippen LogP contribution in [0.3, 0.4) is 0 Å². The normalized spacial score (nSPS) is 47.3. The van der Waals surface area contributed by atoms with E-state index in [1.54, 1.807) is 4.90 Å². The third-order valence-electron chi connectivity index (χ3n) is 4.89. The average Bonchev–Trinajstić information content (AvgIpc) is 2.74. The Labute approximate surface area is 100 Å². The van der Waals surface area contributed by atoms with E-state index >= 15 is 0 Å². The molecule has 0 radical (unpaired) electrons. The molecule has 4 heteroatoms. The van der Waals surface area contributed by atoms with Crippen LogP contribution in [0.25, 0.3) is 0 Å². The van der Waals surface area contributed by atoms with Crippen LogP contribution in [0.4, 0.5) is 0 Å². The highest BCUT2D eigenvalue weighted by Crippen LogP contribution is 2.49. The van der Waals surface area contributed by atoms with E-state index < -0.39 is 0 Å². The number of fused-ring (bicyclic) bond motifs is 2. The summed E-state index contributed by atoms with van der Waals surface area (Å²) >= 11 is 0. The molecule has 0 aromatic carbocycles. The Bertz CT molecular complexity index is 395. The molecule has 0 bridgehead atoms. The highest BCUT2D eigenvalue weighted by atomic mass is 16.2. The van der Waals surface area contributed by atoms with Crippen LogP contribution in [0, 0.1) is 23.7 Å². The summed E-state index contributed by atoms with van der Waals surface area (Å²) in [7, 11) is 0. The summed E-state index contributed by atoms with van der Waals surface area (Å²) in [5.41, 5.74) is 0. The maximum Gasteiger partial charge on any atom is 0.233 e. The fourth-order valence-electron chi connectivity index (χ4n) is 3.89. The van der Waals surface area contributed by atoms with Gasteiger partial charge in [0, 0.05) is 19.1 Å². The Morgan fingerprint density at radius 1 is 1.00 bits per heavy atom. The number of allylic oxidation sites excluding steroid dienone is 2. The highest BCUT2D eigenvalue weighted by molar-refractivity contribution is 6.06. The van der Waals surface area contributed by atoms with Crippen molar-refractivity contribution in [1.29, 1.82) is 0 Å². The van der Waals surface area contributed by atoms with Crippen LogP contribution in [-0.2, 0) is 9.59 Å². The number of carbonyl (C=O) groups excluding carboxylic acids is 2. The number of carbonyl (C=O) groups is 2. The van der Waals surface area contributed by atoms with E-state index in [4.69, 9.17) is 0 Å². The number of imide groups is 1. The first-order chi connectivity index (χ1) is 8.29. The lowest BCUT2D eigenvalue weighted by Crippen LogP contribution is -2.38. The molecule has 2 unspecified atom stereocenters. The lowest BCUT2D eigenvalue weighted by atomic mass is 9.85. The van der Waals surface area contributed by atoms with Crippen molar-refractivity contribution in [1.82, 2.24) is 10.2 Å². The molecule has 2 aliphatic carbocycles. The molecule has 2 saturated heterocycles. The Kier molecular flexibility index (Phi) is 1.85. The number of rotatable bonds is 1. The van der Waals surface area contributed by atoms with Gasteiger partial charge < -0.3 is 5.32 Å². The van der Waals surface area contributed by atoms with Gasteiger partial charge in [0.1, 0.15) is 0 Å².